The number of hydrogen-bond donors (Lipinski definition) is 2. The molecule has 6 heteroatoms. The highest BCUT2D eigenvalue weighted by molar-refractivity contribution is 5.85. The number of carbonyl (C=O) groups excluding carboxylic acids is 2. The van der Waals surface area contributed by atoms with Crippen molar-refractivity contribution in [1.29, 1.82) is 0 Å². The van der Waals surface area contributed by atoms with Gasteiger partial charge in [-0.3, -0.25) is 5.32 Å². The number of hydrogen-bond acceptors (Lipinski definition) is 4. The lowest BCUT2D eigenvalue weighted by molar-refractivity contribution is 0.130. The monoisotopic (exact) mass is 370 g/mol. The van der Waals surface area contributed by atoms with Crippen molar-refractivity contribution in [1.82, 2.24) is 5.32 Å². The molecule has 2 rings (SSSR count). The number of benzene rings is 2. The normalized spacial score (nSPS) is 10.4. The predicted molar refractivity (Wildman–Crippen MR) is 105 cm³/mol. The molecule has 0 heterocycles. The Morgan fingerprint density at radius 2 is 1.81 bits per heavy atom. The number of amides is 2. The maximum absolute atomic E-state index is 11.9. The smallest absolute Gasteiger partial charge is 0.412 e. The van der Waals surface area contributed by atoms with Crippen molar-refractivity contribution in [3.05, 3.63) is 59.7 Å². The summed E-state index contributed by atoms with van der Waals surface area (Å²) in [7, 11) is 0. The Bertz CT molecular complexity index is 774. The first kappa shape index (κ1) is 20.3. The van der Waals surface area contributed by atoms with Crippen molar-refractivity contribution in [2.24, 2.45) is 0 Å². The Hall–Kier alpha value is -3.02. The Balaban J connectivity index is 1.76. The van der Waals surface area contributed by atoms with Gasteiger partial charge in [-0.1, -0.05) is 30.3 Å². The van der Waals surface area contributed by atoms with E-state index in [1.165, 1.54) is 11.1 Å². The molecule has 6 nitrogen and oxygen atoms in total. The van der Waals surface area contributed by atoms with E-state index in [9.17, 15) is 9.59 Å². The van der Waals surface area contributed by atoms with Crippen LogP contribution in [0.1, 0.15) is 31.4 Å². The number of rotatable bonds is 7. The van der Waals surface area contributed by atoms with Crippen molar-refractivity contribution in [3.63, 3.8) is 0 Å². The van der Waals surface area contributed by atoms with E-state index in [-0.39, 0.29) is 6.10 Å². The van der Waals surface area contributed by atoms with Crippen molar-refractivity contribution in [2.75, 3.05) is 11.9 Å². The van der Waals surface area contributed by atoms with Gasteiger partial charge in [0, 0.05) is 18.3 Å². The summed E-state index contributed by atoms with van der Waals surface area (Å²) in [5.74, 6) is 0.341. The fourth-order valence-electron chi connectivity index (χ4n) is 2.50. The van der Waals surface area contributed by atoms with Crippen LogP contribution < -0.4 is 15.4 Å². The summed E-state index contributed by atoms with van der Waals surface area (Å²) in [5, 5.41) is 5.32. The van der Waals surface area contributed by atoms with Gasteiger partial charge >= 0.3 is 12.2 Å². The molecule has 27 heavy (non-hydrogen) atoms. The molecule has 2 N–H and O–H groups in total. The number of ether oxygens (including phenoxy) is 2. The summed E-state index contributed by atoms with van der Waals surface area (Å²) in [4.78, 5) is 23.5. The average molecular weight is 370 g/mol. The van der Waals surface area contributed by atoms with Crippen LogP contribution in [0.2, 0.25) is 0 Å². The van der Waals surface area contributed by atoms with Crippen molar-refractivity contribution in [3.8, 4) is 5.75 Å². The Labute approximate surface area is 159 Å². The van der Waals surface area contributed by atoms with Crippen molar-refractivity contribution < 1.29 is 19.1 Å². The van der Waals surface area contributed by atoms with Crippen LogP contribution in [0.15, 0.2) is 48.5 Å². The summed E-state index contributed by atoms with van der Waals surface area (Å²) in [6.07, 6.45) is 0.423. The van der Waals surface area contributed by atoms with Crippen LogP contribution in [-0.4, -0.2) is 24.8 Å². The molecule has 0 saturated carbocycles. The van der Waals surface area contributed by atoms with Gasteiger partial charge in [-0.05, 0) is 56.9 Å². The zero-order chi connectivity index (χ0) is 19.6. The standard InChI is InChI=1S/C21H26N2O4/c1-15(2)26-21(25)23-18-11-6-12-19(14-18)27-20(24)22-13-7-10-17-9-5-4-8-16(17)3/h4-6,8-9,11-12,14-15H,7,10,13H2,1-3H3,(H,22,24)(H,23,25). The van der Waals surface area contributed by atoms with Crippen molar-refractivity contribution in [2.45, 2.75) is 39.7 Å². The molecule has 0 fully saturated rings. The molecule has 2 aromatic rings. The minimum absolute atomic E-state index is 0.213. The molecule has 2 amide bonds. The van der Waals surface area contributed by atoms with Gasteiger partial charge in [0.15, 0.2) is 0 Å². The summed E-state index contributed by atoms with van der Waals surface area (Å²) in [6, 6.07) is 14.8. The predicted octanol–water partition coefficient (Wildman–Crippen LogP) is 4.67. The van der Waals surface area contributed by atoms with Crippen LogP contribution in [0.5, 0.6) is 5.75 Å². The maximum atomic E-state index is 11.9. The van der Waals surface area contributed by atoms with E-state index in [1.807, 2.05) is 12.1 Å². The highest BCUT2D eigenvalue weighted by Crippen LogP contribution is 2.18. The molecule has 0 radical (unpaired) electrons. The second kappa shape index (κ2) is 10.2. The quantitative estimate of drug-likeness (QED) is 0.694. The molecule has 0 aromatic heterocycles. The van der Waals surface area contributed by atoms with Crippen LogP contribution in [0.3, 0.4) is 0 Å². The van der Waals surface area contributed by atoms with Gasteiger partial charge in [-0.25, -0.2) is 9.59 Å². The second-order valence-electron chi connectivity index (χ2n) is 6.45. The van der Waals surface area contributed by atoms with E-state index in [4.69, 9.17) is 9.47 Å². The van der Waals surface area contributed by atoms with Gasteiger partial charge in [0.05, 0.1) is 6.10 Å². The molecular formula is C21H26N2O4. The maximum Gasteiger partial charge on any atom is 0.412 e. The average Bonchev–Trinajstić information content (AvgIpc) is 2.59. The fraction of sp³-hybridized carbons (Fsp3) is 0.333. The molecule has 0 bridgehead atoms. The topological polar surface area (TPSA) is 76.7 Å². The summed E-state index contributed by atoms with van der Waals surface area (Å²) in [5.41, 5.74) is 3.02. The van der Waals surface area contributed by atoms with Gasteiger partial charge in [-0.2, -0.15) is 0 Å². The van der Waals surface area contributed by atoms with E-state index in [1.54, 1.807) is 38.1 Å². The SMILES string of the molecule is Cc1ccccc1CCCNC(=O)Oc1cccc(NC(=O)OC(C)C)c1. The van der Waals surface area contributed by atoms with Gasteiger partial charge in [0.1, 0.15) is 5.75 Å². The molecule has 0 aliphatic carbocycles. The first-order valence-electron chi connectivity index (χ1n) is 9.02. The van der Waals surface area contributed by atoms with Crippen LogP contribution in [0.25, 0.3) is 0 Å². The van der Waals surface area contributed by atoms with Crippen LogP contribution in [-0.2, 0) is 11.2 Å². The molecule has 0 saturated heterocycles. The molecule has 0 atom stereocenters. The molecule has 0 aliphatic rings. The molecule has 144 valence electrons. The third-order valence-corrected chi connectivity index (χ3v) is 3.79. The van der Waals surface area contributed by atoms with Crippen molar-refractivity contribution >= 4 is 17.9 Å². The zero-order valence-corrected chi connectivity index (χ0v) is 16.0. The van der Waals surface area contributed by atoms with E-state index in [0.717, 1.165) is 12.8 Å². The lowest BCUT2D eigenvalue weighted by Gasteiger charge is -2.11. The Kier molecular flexibility index (Phi) is 7.67. The lowest BCUT2D eigenvalue weighted by Crippen LogP contribution is -2.28. The molecular weight excluding hydrogens is 344 g/mol. The zero-order valence-electron chi connectivity index (χ0n) is 16.0. The first-order valence-corrected chi connectivity index (χ1v) is 9.02. The minimum atomic E-state index is -0.553. The largest absolute Gasteiger partial charge is 0.447 e. The Morgan fingerprint density at radius 3 is 2.56 bits per heavy atom. The van der Waals surface area contributed by atoms with Gasteiger partial charge in [0.2, 0.25) is 0 Å². The highest BCUT2D eigenvalue weighted by Gasteiger charge is 2.08. The molecule has 2 aromatic carbocycles. The van der Waals surface area contributed by atoms with E-state index >= 15 is 0 Å². The van der Waals surface area contributed by atoms with E-state index < -0.39 is 12.2 Å². The summed E-state index contributed by atoms with van der Waals surface area (Å²) in [6.45, 7) is 6.13. The third-order valence-electron chi connectivity index (χ3n) is 3.79. The molecule has 0 aliphatic heterocycles. The van der Waals surface area contributed by atoms with E-state index in [0.29, 0.717) is 18.0 Å². The van der Waals surface area contributed by atoms with Gasteiger partial charge < -0.3 is 14.8 Å². The Morgan fingerprint density at radius 1 is 1.04 bits per heavy atom. The summed E-state index contributed by atoms with van der Waals surface area (Å²) >= 11 is 0. The highest BCUT2D eigenvalue weighted by atomic mass is 16.6. The van der Waals surface area contributed by atoms with Gasteiger partial charge in [-0.15, -0.1) is 0 Å². The third kappa shape index (κ3) is 7.40. The first-order chi connectivity index (χ1) is 12.9. The fourth-order valence-corrected chi connectivity index (χ4v) is 2.50. The lowest BCUT2D eigenvalue weighted by atomic mass is 10.0. The van der Waals surface area contributed by atoms with Gasteiger partial charge in [0.25, 0.3) is 0 Å². The van der Waals surface area contributed by atoms with Crippen LogP contribution in [0, 0.1) is 6.92 Å². The van der Waals surface area contributed by atoms with E-state index in [2.05, 4.69) is 29.7 Å². The second-order valence-corrected chi connectivity index (χ2v) is 6.45. The molecule has 0 spiro atoms. The van der Waals surface area contributed by atoms with Crippen LogP contribution >= 0.6 is 0 Å². The van der Waals surface area contributed by atoms with Crippen LogP contribution in [0.4, 0.5) is 15.3 Å². The number of aryl methyl sites for hydroxylation is 2. The number of anilines is 1. The minimum Gasteiger partial charge on any atom is -0.447 e. The molecule has 0 unspecified atom stereocenters. The number of nitrogens with one attached hydrogen (secondary N) is 2. The summed E-state index contributed by atoms with van der Waals surface area (Å²) < 4.78 is 10.3. The number of carbonyl (C=O) groups is 2.